The number of phenols is 2. The third-order valence-electron chi connectivity index (χ3n) is 17.0. The fourth-order valence-corrected chi connectivity index (χ4v) is 10.9. The van der Waals surface area contributed by atoms with Crippen LogP contribution in [0.1, 0.15) is 117 Å². The van der Waals surface area contributed by atoms with Gasteiger partial charge in [-0.2, -0.15) is 0 Å². The van der Waals surface area contributed by atoms with Crippen LogP contribution in [0.25, 0.3) is 10.8 Å². The third-order valence-corrected chi connectivity index (χ3v) is 17.0. The number of aliphatic hydroxyl groups is 2. The molecular formula is C59H85N7O12. The SMILES string of the molecule is CO[C@@H](/C=C/O[C@@]1(C)Oc2c(C)c(O)c3c(O)c(NC(=O)C(C)(C)C(C)C)c4c(c3c2C1=O)=NC1(CCN(CC(C)C)CC1)N=4)[C@@H](C)[C@@H](OC(=O)CC(=O)Nc1ccc(CN2CCN(C)CC2)cc1)[C@H](C)[C@H](O)[C@H](C)[C@H](C)O. The first-order chi connectivity index (χ1) is 36.6. The number of nitrogens with one attached hydrogen (secondary N) is 2. The summed E-state index contributed by atoms with van der Waals surface area (Å²) >= 11 is 0. The number of aliphatic hydroxyl groups excluding tert-OH is 2. The van der Waals surface area contributed by atoms with Crippen molar-refractivity contribution in [2.75, 3.05) is 70.6 Å². The number of esters is 1. The molecular weight excluding hydrogens is 999 g/mol. The molecule has 4 aliphatic heterocycles. The van der Waals surface area contributed by atoms with Gasteiger partial charge in [-0.25, -0.2) is 0 Å². The van der Waals surface area contributed by atoms with Crippen LogP contribution >= 0.6 is 0 Å². The molecule has 1 spiro atoms. The van der Waals surface area contributed by atoms with E-state index in [0.717, 1.165) is 44.8 Å². The summed E-state index contributed by atoms with van der Waals surface area (Å²) in [6.07, 6.45) is -0.792. The number of carbonyl (C=O) groups excluding carboxylic acids is 4. The largest absolute Gasteiger partial charge is 0.507 e. The van der Waals surface area contributed by atoms with E-state index in [0.29, 0.717) is 37.5 Å². The molecule has 4 heterocycles. The molecule has 0 aliphatic carbocycles. The van der Waals surface area contributed by atoms with Crippen LogP contribution in [-0.2, 0) is 35.1 Å². The molecule has 2 fully saturated rings. The van der Waals surface area contributed by atoms with Crippen molar-refractivity contribution < 1.29 is 58.6 Å². The van der Waals surface area contributed by atoms with E-state index in [1.54, 1.807) is 46.8 Å². The second-order valence-electron chi connectivity index (χ2n) is 23.9. The summed E-state index contributed by atoms with van der Waals surface area (Å²) in [6.45, 7) is 28.5. The Labute approximate surface area is 459 Å². The van der Waals surface area contributed by atoms with Gasteiger partial charge in [0.05, 0.1) is 40.9 Å². The minimum absolute atomic E-state index is 0.00337. The number of amides is 2. The van der Waals surface area contributed by atoms with Crippen LogP contribution in [-0.4, -0.2) is 155 Å². The van der Waals surface area contributed by atoms with Gasteiger partial charge in [0.2, 0.25) is 11.8 Å². The molecule has 0 saturated carbocycles. The number of carbonyl (C=O) groups is 4. The fourth-order valence-electron chi connectivity index (χ4n) is 10.9. The van der Waals surface area contributed by atoms with Gasteiger partial charge in [0, 0.05) is 119 Å². The van der Waals surface area contributed by atoms with Gasteiger partial charge in [0.1, 0.15) is 35.1 Å². The first-order valence-electron chi connectivity index (χ1n) is 27.7. The molecule has 2 saturated heterocycles. The van der Waals surface area contributed by atoms with Crippen LogP contribution in [0.3, 0.4) is 0 Å². The highest BCUT2D eigenvalue weighted by atomic mass is 16.7. The zero-order valence-electron chi connectivity index (χ0n) is 48.2. The molecule has 19 heteroatoms. The Hall–Kier alpha value is -5.70. The number of aromatic hydroxyl groups is 2. The Morgan fingerprint density at radius 2 is 1.47 bits per heavy atom. The summed E-state index contributed by atoms with van der Waals surface area (Å²) in [5, 5.41) is 52.4. The van der Waals surface area contributed by atoms with Gasteiger partial charge in [0.15, 0.2) is 11.4 Å². The van der Waals surface area contributed by atoms with Gasteiger partial charge in [-0.15, -0.1) is 0 Å². The summed E-state index contributed by atoms with van der Waals surface area (Å²) in [6, 6.07) is 7.49. The number of hydrogen-bond acceptors (Lipinski definition) is 17. The topological polar surface area (TPSA) is 245 Å². The number of ether oxygens (including phenoxy) is 4. The molecule has 19 nitrogen and oxygen atoms in total. The molecule has 0 bridgehead atoms. The maximum absolute atomic E-state index is 15.0. The molecule has 4 aliphatic rings. The number of hydrogen-bond donors (Lipinski definition) is 6. The van der Waals surface area contributed by atoms with Crippen molar-refractivity contribution in [3.63, 3.8) is 0 Å². The first kappa shape index (κ1) is 60.0. The van der Waals surface area contributed by atoms with Gasteiger partial charge in [0.25, 0.3) is 5.78 Å². The third kappa shape index (κ3) is 12.5. The maximum atomic E-state index is 15.0. The lowest BCUT2D eigenvalue weighted by molar-refractivity contribution is -0.163. The standard InChI is InChI=1S/C59H85N7O12/c1-32(2)30-65-22-20-59(21-23-65)62-47-44-45(52(72)49(48(47)63-59)61-56(74)57(10,11)33(3)4)51(71)37(8)54-46(44)55(73)58(12,78-54)76-28-19-41(75-14)35(6)53(36(7)50(70)34(5)38(9)67)77-43(69)29-42(68)60-40-17-15-39(16-18-40)31-66-26-24-64(13)25-27-66/h15-19,28,32-36,38,41,50,53,67,70-72H,20-27,29-31H2,1-14H3,(H,60,68)(H,61,74)/b28-19+/t34-,35-,36-,38+,41+,50-,53-,58+/m1/s1. The number of likely N-dealkylation sites (N-methyl/N-ethyl adjacent to an activating group) is 1. The Morgan fingerprint density at radius 3 is 2.06 bits per heavy atom. The van der Waals surface area contributed by atoms with Crippen molar-refractivity contribution in [3.05, 3.63) is 64.0 Å². The van der Waals surface area contributed by atoms with E-state index in [4.69, 9.17) is 28.9 Å². The zero-order chi connectivity index (χ0) is 57.3. The van der Waals surface area contributed by atoms with E-state index in [-0.39, 0.29) is 61.6 Å². The first-order valence-corrected chi connectivity index (χ1v) is 27.7. The van der Waals surface area contributed by atoms with E-state index < -0.39 is 88.9 Å². The molecule has 428 valence electrons. The highest BCUT2D eigenvalue weighted by Crippen LogP contribution is 2.50. The molecule has 8 atom stereocenters. The minimum Gasteiger partial charge on any atom is -0.507 e. The summed E-state index contributed by atoms with van der Waals surface area (Å²) in [5.74, 6) is -7.04. The molecule has 0 unspecified atom stereocenters. The number of methoxy groups -OCH3 is 1. The monoisotopic (exact) mass is 1080 g/mol. The van der Waals surface area contributed by atoms with Crippen LogP contribution in [0, 0.1) is 41.9 Å². The number of likely N-dealkylation sites (tertiary alicyclic amines) is 1. The molecule has 3 aromatic rings. The number of piperidine rings is 1. The van der Waals surface area contributed by atoms with Crippen molar-refractivity contribution in [2.24, 2.45) is 45.0 Å². The normalized spacial score (nSPS) is 21.5. The van der Waals surface area contributed by atoms with Crippen LogP contribution < -0.4 is 26.1 Å². The second-order valence-corrected chi connectivity index (χ2v) is 23.9. The van der Waals surface area contributed by atoms with Crippen LogP contribution in [0.5, 0.6) is 17.2 Å². The predicted octanol–water partition coefficient (Wildman–Crippen LogP) is 6.06. The van der Waals surface area contributed by atoms with E-state index in [1.165, 1.54) is 26.4 Å². The van der Waals surface area contributed by atoms with Gasteiger partial charge in [-0.3, -0.25) is 34.1 Å². The van der Waals surface area contributed by atoms with E-state index in [2.05, 4.69) is 46.2 Å². The Kier molecular flexibility index (Phi) is 18.4. The second kappa shape index (κ2) is 23.9. The molecule has 0 radical (unpaired) electrons. The van der Waals surface area contributed by atoms with E-state index in [9.17, 15) is 34.8 Å². The lowest BCUT2D eigenvalue weighted by Gasteiger charge is -2.37. The summed E-state index contributed by atoms with van der Waals surface area (Å²) in [7, 11) is 3.55. The van der Waals surface area contributed by atoms with Gasteiger partial charge in [-0.1, -0.05) is 74.4 Å². The summed E-state index contributed by atoms with van der Waals surface area (Å²) in [4.78, 5) is 73.3. The van der Waals surface area contributed by atoms with Crippen LogP contribution in [0.2, 0.25) is 0 Å². The van der Waals surface area contributed by atoms with Crippen molar-refractivity contribution >= 4 is 45.7 Å². The van der Waals surface area contributed by atoms with Crippen LogP contribution in [0.15, 0.2) is 46.6 Å². The highest BCUT2D eigenvalue weighted by Gasteiger charge is 2.50. The number of fused-ring (bicyclic) bond motifs is 5. The number of ketones is 1. The number of anilines is 2. The lowest BCUT2D eigenvalue weighted by atomic mass is 9.80. The lowest BCUT2D eigenvalue weighted by Crippen LogP contribution is -2.46. The number of nitrogens with zero attached hydrogens (tertiary/aromatic N) is 5. The molecule has 3 aromatic carbocycles. The average molecular weight is 1080 g/mol. The van der Waals surface area contributed by atoms with Crippen molar-refractivity contribution in [1.82, 2.24) is 14.7 Å². The van der Waals surface area contributed by atoms with Gasteiger partial charge < -0.3 is 59.8 Å². The summed E-state index contributed by atoms with van der Waals surface area (Å²) < 4.78 is 24.5. The Bertz CT molecular complexity index is 2870. The smallest absolute Gasteiger partial charge is 0.315 e. The van der Waals surface area contributed by atoms with Gasteiger partial charge >= 0.3 is 11.8 Å². The van der Waals surface area contributed by atoms with Crippen molar-refractivity contribution in [3.8, 4) is 17.2 Å². The Morgan fingerprint density at radius 1 is 0.846 bits per heavy atom. The number of Topliss-reactive ketones (excluding diaryl/α,β-unsaturated/α-hetero) is 1. The molecule has 7 rings (SSSR count). The highest BCUT2D eigenvalue weighted by molar-refractivity contribution is 6.19. The summed E-state index contributed by atoms with van der Waals surface area (Å²) in [5.41, 5.74) is -0.0583. The predicted molar refractivity (Wildman–Crippen MR) is 297 cm³/mol. The number of benzene rings is 3. The van der Waals surface area contributed by atoms with Gasteiger partial charge in [-0.05, 0) is 56.5 Å². The van der Waals surface area contributed by atoms with Crippen molar-refractivity contribution in [1.29, 1.82) is 0 Å². The van der Waals surface area contributed by atoms with Crippen molar-refractivity contribution in [2.45, 2.75) is 145 Å². The molecule has 2 amide bonds. The molecule has 0 aromatic heterocycles. The van der Waals surface area contributed by atoms with E-state index >= 15 is 4.79 Å². The Balaban J connectivity index is 1.14. The van der Waals surface area contributed by atoms with E-state index in [1.807, 2.05) is 39.8 Å². The molecule has 6 N–H and O–H groups in total. The zero-order valence-corrected chi connectivity index (χ0v) is 48.2. The van der Waals surface area contributed by atoms with Crippen LogP contribution in [0.4, 0.5) is 11.4 Å². The number of phenolic OH excluding ortho intramolecular Hbond substituents is 2. The average Bonchev–Trinajstić information content (AvgIpc) is 4.13. The number of rotatable bonds is 21. The maximum Gasteiger partial charge on any atom is 0.315 e. The fraction of sp³-hybridized carbons (Fsp3) is 0.627. The minimum atomic E-state index is -2.03. The molecule has 78 heavy (non-hydrogen) atoms. The number of piperazine rings is 1. The quantitative estimate of drug-likeness (QED) is 0.0308.